The van der Waals surface area contributed by atoms with Gasteiger partial charge in [-0.3, -0.25) is 9.59 Å². The quantitative estimate of drug-likeness (QED) is 0.866. The average Bonchev–Trinajstić information content (AvgIpc) is 2.80. The SMILES string of the molecule is CC(=O)/C=C1/C(=O)N(C(=O)Nc2ccccc2)c2ccccc21. The van der Waals surface area contributed by atoms with Crippen molar-refractivity contribution >= 4 is 34.7 Å². The predicted molar refractivity (Wildman–Crippen MR) is 88.0 cm³/mol. The van der Waals surface area contributed by atoms with Crippen molar-refractivity contribution in [2.75, 3.05) is 10.2 Å². The lowest BCUT2D eigenvalue weighted by Crippen LogP contribution is -2.37. The summed E-state index contributed by atoms with van der Waals surface area (Å²) < 4.78 is 0. The van der Waals surface area contributed by atoms with Gasteiger partial charge in [0.05, 0.1) is 11.3 Å². The van der Waals surface area contributed by atoms with Gasteiger partial charge in [0.25, 0.3) is 5.91 Å². The van der Waals surface area contributed by atoms with Gasteiger partial charge < -0.3 is 5.32 Å². The van der Waals surface area contributed by atoms with Gasteiger partial charge >= 0.3 is 6.03 Å². The third-order valence-corrected chi connectivity index (χ3v) is 3.44. The molecule has 0 saturated heterocycles. The van der Waals surface area contributed by atoms with Crippen LogP contribution in [-0.2, 0) is 9.59 Å². The molecular formula is C18H14N2O3. The summed E-state index contributed by atoms with van der Waals surface area (Å²) in [4.78, 5) is 37.5. The van der Waals surface area contributed by atoms with Crippen LogP contribution in [0.4, 0.5) is 16.2 Å². The number of nitrogens with one attached hydrogen (secondary N) is 1. The highest BCUT2D eigenvalue weighted by atomic mass is 16.2. The van der Waals surface area contributed by atoms with Crippen LogP contribution in [0.25, 0.3) is 5.57 Å². The van der Waals surface area contributed by atoms with E-state index < -0.39 is 11.9 Å². The summed E-state index contributed by atoms with van der Waals surface area (Å²) in [5.41, 5.74) is 1.87. The van der Waals surface area contributed by atoms with E-state index in [2.05, 4.69) is 5.32 Å². The Labute approximate surface area is 133 Å². The van der Waals surface area contributed by atoms with Crippen LogP contribution >= 0.6 is 0 Å². The number of rotatable bonds is 2. The van der Waals surface area contributed by atoms with Gasteiger partial charge in [0.15, 0.2) is 5.78 Å². The van der Waals surface area contributed by atoms with E-state index in [0.29, 0.717) is 16.9 Å². The van der Waals surface area contributed by atoms with Crippen molar-refractivity contribution < 1.29 is 14.4 Å². The highest BCUT2D eigenvalue weighted by Crippen LogP contribution is 2.36. The number of hydrogen-bond acceptors (Lipinski definition) is 3. The first-order valence-corrected chi connectivity index (χ1v) is 7.10. The van der Waals surface area contributed by atoms with Gasteiger partial charge in [0.2, 0.25) is 0 Å². The minimum Gasteiger partial charge on any atom is -0.307 e. The number of hydrogen-bond donors (Lipinski definition) is 1. The Morgan fingerprint density at radius 1 is 1.00 bits per heavy atom. The van der Waals surface area contributed by atoms with Crippen LogP contribution in [-0.4, -0.2) is 17.7 Å². The second-order valence-electron chi connectivity index (χ2n) is 5.12. The van der Waals surface area contributed by atoms with Crippen molar-refractivity contribution in [1.29, 1.82) is 0 Å². The molecule has 0 atom stereocenters. The zero-order valence-corrected chi connectivity index (χ0v) is 12.4. The molecule has 0 radical (unpaired) electrons. The van der Waals surface area contributed by atoms with Gasteiger partial charge in [0, 0.05) is 11.3 Å². The van der Waals surface area contributed by atoms with Crippen LogP contribution in [0, 0.1) is 0 Å². The standard InChI is InChI=1S/C18H14N2O3/c1-12(21)11-15-14-9-5-6-10-16(14)20(17(15)22)18(23)19-13-7-3-2-4-8-13/h2-11H,1H3,(H,19,23)/b15-11+. The molecule has 0 aliphatic carbocycles. The molecule has 5 nitrogen and oxygen atoms in total. The van der Waals surface area contributed by atoms with Crippen LogP contribution in [0.2, 0.25) is 0 Å². The molecule has 0 aromatic heterocycles. The molecule has 0 saturated carbocycles. The number of anilines is 2. The number of fused-ring (bicyclic) bond motifs is 1. The number of allylic oxidation sites excluding steroid dienone is 1. The minimum absolute atomic E-state index is 0.233. The molecule has 3 amide bonds. The number of amides is 3. The van der Waals surface area contributed by atoms with Crippen molar-refractivity contribution in [3.8, 4) is 0 Å². The highest BCUT2D eigenvalue weighted by Gasteiger charge is 2.36. The summed E-state index contributed by atoms with van der Waals surface area (Å²) in [5, 5.41) is 2.68. The Balaban J connectivity index is 1.98. The maximum absolute atomic E-state index is 12.6. The fourth-order valence-electron chi connectivity index (χ4n) is 2.49. The van der Waals surface area contributed by atoms with Crippen molar-refractivity contribution in [2.45, 2.75) is 6.92 Å². The number of carbonyl (C=O) groups excluding carboxylic acids is 3. The Morgan fingerprint density at radius 2 is 1.65 bits per heavy atom. The van der Waals surface area contributed by atoms with Gasteiger partial charge in [0.1, 0.15) is 0 Å². The zero-order valence-electron chi connectivity index (χ0n) is 12.4. The fourth-order valence-corrected chi connectivity index (χ4v) is 2.49. The smallest absolute Gasteiger partial charge is 0.307 e. The van der Waals surface area contributed by atoms with Gasteiger partial charge in [-0.05, 0) is 31.2 Å². The highest BCUT2D eigenvalue weighted by molar-refractivity contribution is 6.42. The van der Waals surface area contributed by atoms with Crippen LogP contribution in [0.1, 0.15) is 12.5 Å². The second kappa shape index (κ2) is 5.88. The maximum Gasteiger partial charge on any atom is 0.333 e. The molecule has 2 aromatic rings. The summed E-state index contributed by atoms with van der Waals surface area (Å²) in [6.45, 7) is 1.37. The summed E-state index contributed by atoms with van der Waals surface area (Å²) in [6, 6.07) is 15.2. The van der Waals surface area contributed by atoms with Crippen molar-refractivity contribution in [1.82, 2.24) is 0 Å². The first-order chi connectivity index (χ1) is 11.1. The first kappa shape index (κ1) is 14.7. The number of nitrogens with zero attached hydrogens (tertiary/aromatic N) is 1. The zero-order chi connectivity index (χ0) is 16.4. The van der Waals surface area contributed by atoms with Crippen LogP contribution in [0.15, 0.2) is 60.7 Å². The monoisotopic (exact) mass is 306 g/mol. The molecule has 0 spiro atoms. The lowest BCUT2D eigenvalue weighted by molar-refractivity contribution is -0.114. The fraction of sp³-hybridized carbons (Fsp3) is 0.0556. The Kier molecular flexibility index (Phi) is 3.76. The number of urea groups is 1. The molecular weight excluding hydrogens is 292 g/mol. The van der Waals surface area contributed by atoms with Crippen molar-refractivity contribution in [3.05, 3.63) is 66.2 Å². The Morgan fingerprint density at radius 3 is 2.35 bits per heavy atom. The molecule has 3 rings (SSSR count). The summed E-state index contributed by atoms with van der Waals surface area (Å²) >= 11 is 0. The number of carbonyl (C=O) groups is 3. The lowest BCUT2D eigenvalue weighted by atomic mass is 10.1. The largest absolute Gasteiger partial charge is 0.333 e. The molecule has 1 N–H and O–H groups in total. The van der Waals surface area contributed by atoms with E-state index in [-0.39, 0.29) is 11.4 Å². The number of imide groups is 1. The molecule has 2 aromatic carbocycles. The number of para-hydroxylation sites is 2. The van der Waals surface area contributed by atoms with E-state index >= 15 is 0 Å². The summed E-state index contributed by atoms with van der Waals surface area (Å²) in [5.74, 6) is -0.747. The number of benzene rings is 2. The van der Waals surface area contributed by atoms with E-state index in [0.717, 1.165) is 4.90 Å². The molecule has 23 heavy (non-hydrogen) atoms. The van der Waals surface area contributed by atoms with Crippen LogP contribution < -0.4 is 10.2 Å². The molecule has 1 aliphatic rings. The van der Waals surface area contributed by atoms with Gasteiger partial charge in [-0.25, -0.2) is 9.69 Å². The van der Waals surface area contributed by atoms with Crippen LogP contribution in [0.3, 0.4) is 0 Å². The maximum atomic E-state index is 12.6. The second-order valence-corrected chi connectivity index (χ2v) is 5.12. The minimum atomic E-state index is -0.555. The van der Waals surface area contributed by atoms with Crippen molar-refractivity contribution in [3.63, 3.8) is 0 Å². The van der Waals surface area contributed by atoms with Crippen LogP contribution in [0.5, 0.6) is 0 Å². The Hall–Kier alpha value is -3.21. The molecule has 0 bridgehead atoms. The van der Waals surface area contributed by atoms with Crippen molar-refractivity contribution in [2.24, 2.45) is 0 Å². The van der Waals surface area contributed by atoms with E-state index in [1.807, 2.05) is 6.07 Å². The molecule has 114 valence electrons. The van der Waals surface area contributed by atoms with Gasteiger partial charge in [-0.15, -0.1) is 0 Å². The van der Waals surface area contributed by atoms with E-state index in [9.17, 15) is 14.4 Å². The molecule has 1 heterocycles. The third-order valence-electron chi connectivity index (χ3n) is 3.44. The lowest BCUT2D eigenvalue weighted by Gasteiger charge is -2.16. The normalized spacial score (nSPS) is 14.7. The molecule has 0 unspecified atom stereocenters. The van der Waals surface area contributed by atoms with E-state index in [4.69, 9.17) is 0 Å². The average molecular weight is 306 g/mol. The van der Waals surface area contributed by atoms with Gasteiger partial charge in [-0.2, -0.15) is 0 Å². The van der Waals surface area contributed by atoms with Gasteiger partial charge in [-0.1, -0.05) is 36.4 Å². The Bertz CT molecular complexity index is 825. The van der Waals surface area contributed by atoms with E-state index in [1.54, 1.807) is 48.5 Å². The number of ketones is 1. The van der Waals surface area contributed by atoms with E-state index in [1.165, 1.54) is 13.0 Å². The first-order valence-electron chi connectivity index (χ1n) is 7.10. The summed E-state index contributed by atoms with van der Waals surface area (Å²) in [7, 11) is 0. The molecule has 0 fully saturated rings. The topological polar surface area (TPSA) is 66.5 Å². The molecule has 5 heteroatoms. The summed E-state index contributed by atoms with van der Waals surface area (Å²) in [6.07, 6.45) is 1.26. The third kappa shape index (κ3) is 2.76. The predicted octanol–water partition coefficient (Wildman–Crippen LogP) is 3.24. The molecule has 1 aliphatic heterocycles.